The zero-order chi connectivity index (χ0) is 24.3. The minimum absolute atomic E-state index is 0.464. The van der Waals surface area contributed by atoms with E-state index in [1.54, 1.807) is 14.2 Å². The van der Waals surface area contributed by atoms with E-state index in [4.69, 9.17) is 18.9 Å². The quantitative estimate of drug-likeness (QED) is 0.260. The molecule has 1 heterocycles. The predicted molar refractivity (Wildman–Crippen MR) is 147 cm³/mol. The summed E-state index contributed by atoms with van der Waals surface area (Å²) >= 11 is 2.65. The standard InChI is InChI=1S/C30H39IO4/c1-32-28-15-9-25(10-16-28)30(26-11-17-29(33-2)18-12-26)34-19-24(20-35-30)23-5-3-21(4-6-23)22-7-13-27(31)14-8-22/h9-12,15-18,21-24,27H,3-8,13-14,19-20H2,1-2H3. The molecule has 190 valence electrons. The van der Waals surface area contributed by atoms with Gasteiger partial charge in [0.1, 0.15) is 11.5 Å². The van der Waals surface area contributed by atoms with Crippen molar-refractivity contribution in [2.45, 2.75) is 61.1 Å². The Morgan fingerprint density at radius 1 is 0.600 bits per heavy atom. The molecular weight excluding hydrogens is 551 g/mol. The summed E-state index contributed by atoms with van der Waals surface area (Å²) in [4.78, 5) is 0. The third-order valence-corrected chi connectivity index (χ3v) is 10.0. The van der Waals surface area contributed by atoms with Gasteiger partial charge in [0.05, 0.1) is 27.4 Å². The van der Waals surface area contributed by atoms with E-state index in [0.717, 1.165) is 51.6 Å². The van der Waals surface area contributed by atoms with Crippen LogP contribution in [0.5, 0.6) is 11.5 Å². The van der Waals surface area contributed by atoms with Crippen LogP contribution < -0.4 is 9.47 Å². The summed E-state index contributed by atoms with van der Waals surface area (Å²) < 4.78 is 25.1. The van der Waals surface area contributed by atoms with Gasteiger partial charge in [-0.1, -0.05) is 22.6 Å². The molecule has 2 saturated carbocycles. The molecule has 3 aliphatic rings. The molecule has 0 aromatic heterocycles. The Morgan fingerprint density at radius 3 is 1.37 bits per heavy atom. The smallest absolute Gasteiger partial charge is 0.222 e. The lowest BCUT2D eigenvalue weighted by molar-refractivity contribution is -0.274. The molecule has 2 aliphatic carbocycles. The molecule has 35 heavy (non-hydrogen) atoms. The van der Waals surface area contributed by atoms with Gasteiger partial charge in [-0.05, 0) is 118 Å². The van der Waals surface area contributed by atoms with E-state index in [-0.39, 0.29) is 0 Å². The van der Waals surface area contributed by atoms with Crippen LogP contribution in [0.1, 0.15) is 62.5 Å². The van der Waals surface area contributed by atoms with Crippen LogP contribution in [-0.2, 0) is 15.3 Å². The molecule has 5 heteroatoms. The van der Waals surface area contributed by atoms with E-state index in [9.17, 15) is 0 Å². The lowest BCUT2D eigenvalue weighted by atomic mass is 9.68. The van der Waals surface area contributed by atoms with Gasteiger partial charge < -0.3 is 18.9 Å². The van der Waals surface area contributed by atoms with E-state index in [1.807, 2.05) is 24.3 Å². The highest BCUT2D eigenvalue weighted by molar-refractivity contribution is 14.1. The maximum atomic E-state index is 6.70. The minimum atomic E-state index is -0.898. The molecule has 1 aliphatic heterocycles. The number of ether oxygens (including phenoxy) is 4. The molecule has 3 fully saturated rings. The van der Waals surface area contributed by atoms with Crippen LogP contribution in [0, 0.1) is 23.7 Å². The highest BCUT2D eigenvalue weighted by atomic mass is 127. The maximum Gasteiger partial charge on any atom is 0.222 e. The fourth-order valence-corrected chi connectivity index (χ4v) is 7.29. The molecule has 2 aromatic carbocycles. The van der Waals surface area contributed by atoms with E-state index in [0.29, 0.717) is 11.8 Å². The first-order chi connectivity index (χ1) is 17.1. The summed E-state index contributed by atoms with van der Waals surface area (Å²) in [6.07, 6.45) is 11.2. The van der Waals surface area contributed by atoms with Gasteiger partial charge in [0.2, 0.25) is 5.79 Å². The van der Waals surface area contributed by atoms with Crippen molar-refractivity contribution in [2.75, 3.05) is 27.4 Å². The van der Waals surface area contributed by atoms with Crippen molar-refractivity contribution in [1.29, 1.82) is 0 Å². The molecule has 0 radical (unpaired) electrons. The van der Waals surface area contributed by atoms with Crippen LogP contribution >= 0.6 is 22.6 Å². The van der Waals surface area contributed by atoms with E-state index < -0.39 is 5.79 Å². The second kappa shape index (κ2) is 11.4. The fourth-order valence-electron chi connectivity index (χ4n) is 6.57. The summed E-state index contributed by atoms with van der Waals surface area (Å²) in [6.45, 7) is 1.46. The number of hydrogen-bond acceptors (Lipinski definition) is 4. The molecule has 1 saturated heterocycles. The van der Waals surface area contributed by atoms with Crippen LogP contribution in [0.15, 0.2) is 48.5 Å². The molecule has 4 nitrogen and oxygen atoms in total. The first-order valence-electron chi connectivity index (χ1n) is 13.3. The molecule has 0 spiro atoms. The van der Waals surface area contributed by atoms with Gasteiger partial charge in [-0.25, -0.2) is 0 Å². The summed E-state index contributed by atoms with van der Waals surface area (Å²) in [6, 6.07) is 16.1. The molecule has 0 amide bonds. The first kappa shape index (κ1) is 25.3. The molecular formula is C30H39IO4. The lowest BCUT2D eigenvalue weighted by Crippen LogP contribution is -2.45. The SMILES string of the molecule is COc1ccc(C2(c3ccc(OC)cc3)OCC(C3CCC(C4CCC(I)CC4)CC3)CO2)cc1. The molecule has 0 bridgehead atoms. The Hall–Kier alpha value is -1.31. The topological polar surface area (TPSA) is 36.9 Å². The Labute approximate surface area is 224 Å². The van der Waals surface area contributed by atoms with Gasteiger partial charge in [-0.15, -0.1) is 0 Å². The Balaban J connectivity index is 1.26. The van der Waals surface area contributed by atoms with Crippen LogP contribution in [0.2, 0.25) is 0 Å². The number of rotatable bonds is 6. The molecule has 2 aromatic rings. The zero-order valence-corrected chi connectivity index (χ0v) is 23.2. The van der Waals surface area contributed by atoms with Crippen molar-refractivity contribution in [2.24, 2.45) is 23.7 Å². The van der Waals surface area contributed by atoms with E-state index >= 15 is 0 Å². The van der Waals surface area contributed by atoms with Gasteiger partial charge in [-0.2, -0.15) is 0 Å². The Morgan fingerprint density at radius 2 is 0.971 bits per heavy atom. The summed E-state index contributed by atoms with van der Waals surface area (Å²) in [5.74, 6) is 3.84. The van der Waals surface area contributed by atoms with Crippen molar-refractivity contribution in [3.05, 3.63) is 59.7 Å². The highest BCUT2D eigenvalue weighted by Gasteiger charge is 2.44. The normalized spacial score (nSPS) is 29.5. The van der Waals surface area contributed by atoms with Crippen LogP contribution in [0.4, 0.5) is 0 Å². The van der Waals surface area contributed by atoms with Crippen LogP contribution in [-0.4, -0.2) is 31.4 Å². The van der Waals surface area contributed by atoms with Gasteiger partial charge >= 0.3 is 0 Å². The molecule has 0 unspecified atom stereocenters. The predicted octanol–water partition coefficient (Wildman–Crippen LogP) is 7.37. The van der Waals surface area contributed by atoms with Crippen molar-refractivity contribution < 1.29 is 18.9 Å². The van der Waals surface area contributed by atoms with E-state index in [1.165, 1.54) is 51.4 Å². The van der Waals surface area contributed by atoms with Gasteiger partial charge in [0.15, 0.2) is 0 Å². The molecule has 0 atom stereocenters. The Kier molecular flexibility index (Phi) is 8.25. The lowest BCUT2D eigenvalue weighted by Gasteiger charge is -2.45. The summed E-state index contributed by atoms with van der Waals surface area (Å²) in [7, 11) is 3.38. The van der Waals surface area contributed by atoms with Crippen LogP contribution in [0.25, 0.3) is 0 Å². The maximum absolute atomic E-state index is 6.70. The number of halogens is 1. The second-order valence-corrected chi connectivity index (χ2v) is 12.4. The fraction of sp³-hybridized carbons (Fsp3) is 0.600. The third-order valence-electron chi connectivity index (χ3n) is 8.79. The monoisotopic (exact) mass is 590 g/mol. The average Bonchev–Trinajstić information content (AvgIpc) is 2.94. The van der Waals surface area contributed by atoms with Crippen LogP contribution in [0.3, 0.4) is 0 Å². The number of alkyl halides is 1. The largest absolute Gasteiger partial charge is 0.497 e. The first-order valence-corrected chi connectivity index (χ1v) is 14.6. The number of methoxy groups -OCH3 is 2. The van der Waals surface area contributed by atoms with Gasteiger partial charge in [0.25, 0.3) is 0 Å². The van der Waals surface area contributed by atoms with Gasteiger partial charge in [-0.3, -0.25) is 0 Å². The summed E-state index contributed by atoms with van der Waals surface area (Å²) in [5, 5.41) is 0. The van der Waals surface area contributed by atoms with Crippen molar-refractivity contribution in [3.8, 4) is 11.5 Å². The number of hydrogen-bond donors (Lipinski definition) is 0. The second-order valence-electron chi connectivity index (χ2n) is 10.6. The summed E-state index contributed by atoms with van der Waals surface area (Å²) in [5.41, 5.74) is 1.99. The number of benzene rings is 2. The minimum Gasteiger partial charge on any atom is -0.497 e. The molecule has 0 N–H and O–H groups in total. The molecule has 5 rings (SSSR count). The van der Waals surface area contributed by atoms with Crippen molar-refractivity contribution in [1.82, 2.24) is 0 Å². The van der Waals surface area contributed by atoms with E-state index in [2.05, 4.69) is 46.9 Å². The third kappa shape index (κ3) is 5.52. The average molecular weight is 591 g/mol. The Bertz CT molecular complexity index is 870. The van der Waals surface area contributed by atoms with Crippen molar-refractivity contribution in [3.63, 3.8) is 0 Å². The highest BCUT2D eigenvalue weighted by Crippen LogP contribution is 2.46. The zero-order valence-electron chi connectivity index (χ0n) is 21.1. The van der Waals surface area contributed by atoms with Gasteiger partial charge in [0, 0.05) is 21.0 Å². The van der Waals surface area contributed by atoms with Crippen molar-refractivity contribution >= 4 is 22.6 Å².